The van der Waals surface area contributed by atoms with E-state index in [-0.39, 0.29) is 5.78 Å². The first-order valence-electron chi connectivity index (χ1n) is 6.31. The molecule has 0 heterocycles. The maximum Gasteiger partial charge on any atom is 0.126 e. The third kappa shape index (κ3) is 8.75. The summed E-state index contributed by atoms with van der Waals surface area (Å²) in [5.41, 5.74) is 2.10. The maximum atomic E-state index is 9.44. The predicted octanol–water partition coefficient (Wildman–Crippen LogP) is 4.00. The second-order valence-corrected chi connectivity index (χ2v) is 4.46. The normalized spacial score (nSPS) is 8.60. The van der Waals surface area contributed by atoms with Gasteiger partial charge in [0.15, 0.2) is 0 Å². The molecule has 3 nitrogen and oxygen atoms in total. The van der Waals surface area contributed by atoms with E-state index in [9.17, 15) is 4.79 Å². The van der Waals surface area contributed by atoms with Gasteiger partial charge in [-0.15, -0.1) is 0 Å². The van der Waals surface area contributed by atoms with Crippen LogP contribution in [0, 0.1) is 13.8 Å². The lowest BCUT2D eigenvalue weighted by Gasteiger charge is -1.99. The Balaban J connectivity index is 0.000000293. The molecule has 0 amide bonds. The van der Waals surface area contributed by atoms with Gasteiger partial charge in [0.2, 0.25) is 0 Å². The van der Waals surface area contributed by atoms with Crippen LogP contribution in [0.4, 0.5) is 0 Å². The number of carbonyl (C=O) groups excluding carboxylic acids is 1. The van der Waals surface area contributed by atoms with Crippen LogP contribution in [0.25, 0.3) is 0 Å². The smallest absolute Gasteiger partial charge is 0.126 e. The van der Waals surface area contributed by atoms with Crippen molar-refractivity contribution in [3.63, 3.8) is 0 Å². The number of ketones is 1. The number of rotatable bonds is 0. The van der Waals surface area contributed by atoms with Crippen LogP contribution in [0.2, 0.25) is 0 Å². The van der Waals surface area contributed by atoms with E-state index in [0.717, 1.165) is 11.1 Å². The highest BCUT2D eigenvalue weighted by Crippen LogP contribution is 2.17. The van der Waals surface area contributed by atoms with Crippen molar-refractivity contribution in [3.05, 3.63) is 59.7 Å². The van der Waals surface area contributed by atoms with Crippen molar-refractivity contribution < 1.29 is 15.0 Å². The summed E-state index contributed by atoms with van der Waals surface area (Å²) in [5, 5.41) is 17.7. The fourth-order valence-electron chi connectivity index (χ4n) is 1.16. The highest BCUT2D eigenvalue weighted by molar-refractivity contribution is 5.72. The number of para-hydroxylation sites is 1. The highest BCUT2D eigenvalue weighted by atomic mass is 16.3. The Bertz CT molecular complexity index is 495. The molecule has 2 rings (SSSR count). The van der Waals surface area contributed by atoms with Gasteiger partial charge in [-0.1, -0.05) is 30.3 Å². The summed E-state index contributed by atoms with van der Waals surface area (Å²) in [5.74, 6) is 0.873. The number of aryl methyl sites for hydroxylation is 1. The number of phenols is 2. The number of Topliss-reactive ketones (excluding diaryl/α,β-unsaturated/α-hetero) is 1. The van der Waals surface area contributed by atoms with Crippen LogP contribution in [-0.4, -0.2) is 16.0 Å². The lowest BCUT2D eigenvalue weighted by molar-refractivity contribution is -0.114. The Morgan fingerprint density at radius 2 is 1.35 bits per heavy atom. The molecule has 108 valence electrons. The molecule has 20 heavy (non-hydrogen) atoms. The minimum absolute atomic E-state index is 0.167. The van der Waals surface area contributed by atoms with Crippen LogP contribution < -0.4 is 0 Å². The average Bonchev–Trinajstić information content (AvgIpc) is 2.37. The van der Waals surface area contributed by atoms with Crippen LogP contribution in [0.5, 0.6) is 11.5 Å². The van der Waals surface area contributed by atoms with Crippen molar-refractivity contribution in [2.45, 2.75) is 27.7 Å². The number of aromatic hydroxyl groups is 2. The van der Waals surface area contributed by atoms with Gasteiger partial charge in [0.25, 0.3) is 0 Å². The van der Waals surface area contributed by atoms with Crippen LogP contribution in [0.3, 0.4) is 0 Å². The molecular formula is C17H22O3. The van der Waals surface area contributed by atoms with Crippen molar-refractivity contribution in [2.75, 3.05) is 0 Å². The van der Waals surface area contributed by atoms with Crippen LogP contribution in [-0.2, 0) is 4.79 Å². The van der Waals surface area contributed by atoms with Gasteiger partial charge in [0.1, 0.15) is 17.3 Å². The third-order valence-electron chi connectivity index (χ3n) is 2.33. The number of carbonyl (C=O) groups is 1. The largest absolute Gasteiger partial charge is 0.508 e. The molecule has 0 aromatic heterocycles. The van der Waals surface area contributed by atoms with Crippen molar-refractivity contribution in [1.29, 1.82) is 0 Å². The summed E-state index contributed by atoms with van der Waals surface area (Å²) in [6.07, 6.45) is 0. The summed E-state index contributed by atoms with van der Waals surface area (Å²) in [6.45, 7) is 6.94. The quantitative estimate of drug-likeness (QED) is 0.763. The molecule has 0 saturated carbocycles. The predicted molar refractivity (Wildman–Crippen MR) is 82.0 cm³/mol. The zero-order valence-corrected chi connectivity index (χ0v) is 12.4. The number of phenolic OH excluding ortho intramolecular Hbond substituents is 2. The molecule has 0 spiro atoms. The molecule has 0 aliphatic rings. The van der Waals surface area contributed by atoms with Crippen LogP contribution in [0.1, 0.15) is 25.0 Å². The molecule has 0 saturated heterocycles. The van der Waals surface area contributed by atoms with E-state index in [1.165, 1.54) is 13.8 Å². The molecule has 0 fully saturated rings. The fourth-order valence-corrected chi connectivity index (χ4v) is 1.16. The molecular weight excluding hydrogens is 252 g/mol. The molecule has 2 aromatic rings. The standard InChI is InChI=1S/C8H10O.C6H6O.C3H6O/c1-6-4-3-5-8(9)7(6)2;7-6-4-2-1-3-5-6;1-3(2)4/h3-5,9H,1-2H3;1-5,7H;1-2H3. The van der Waals surface area contributed by atoms with E-state index in [0.29, 0.717) is 11.5 Å². The molecule has 0 radical (unpaired) electrons. The van der Waals surface area contributed by atoms with Gasteiger partial charge in [0.05, 0.1) is 0 Å². The Kier molecular flexibility index (Phi) is 8.51. The molecule has 2 aromatic carbocycles. The van der Waals surface area contributed by atoms with Crippen molar-refractivity contribution >= 4 is 5.78 Å². The third-order valence-corrected chi connectivity index (χ3v) is 2.33. The summed E-state index contributed by atoms with van der Waals surface area (Å²) >= 11 is 0. The van der Waals surface area contributed by atoms with Gasteiger partial charge in [-0.05, 0) is 57.0 Å². The first-order chi connectivity index (χ1) is 9.34. The highest BCUT2D eigenvalue weighted by Gasteiger charge is 1.94. The van der Waals surface area contributed by atoms with Gasteiger partial charge in [-0.25, -0.2) is 0 Å². The van der Waals surface area contributed by atoms with Gasteiger partial charge < -0.3 is 15.0 Å². The van der Waals surface area contributed by atoms with Gasteiger partial charge in [0, 0.05) is 0 Å². The summed E-state index contributed by atoms with van der Waals surface area (Å²) in [7, 11) is 0. The molecule has 0 aliphatic carbocycles. The van der Waals surface area contributed by atoms with Crippen molar-refractivity contribution in [3.8, 4) is 11.5 Å². The van der Waals surface area contributed by atoms with E-state index in [1.54, 1.807) is 30.3 Å². The number of hydrogen-bond acceptors (Lipinski definition) is 3. The van der Waals surface area contributed by atoms with Gasteiger partial charge in [-0.3, -0.25) is 0 Å². The van der Waals surface area contributed by atoms with Crippen molar-refractivity contribution in [1.82, 2.24) is 0 Å². The van der Waals surface area contributed by atoms with E-state index in [2.05, 4.69) is 0 Å². The van der Waals surface area contributed by atoms with E-state index in [4.69, 9.17) is 10.2 Å². The fraction of sp³-hybridized carbons (Fsp3) is 0.235. The Labute approximate surface area is 120 Å². The Morgan fingerprint density at radius 1 is 0.850 bits per heavy atom. The lowest BCUT2D eigenvalue weighted by atomic mass is 10.1. The van der Waals surface area contributed by atoms with Crippen molar-refractivity contribution in [2.24, 2.45) is 0 Å². The minimum Gasteiger partial charge on any atom is -0.508 e. The first kappa shape index (κ1) is 17.7. The molecule has 3 heteroatoms. The molecule has 0 bridgehead atoms. The average molecular weight is 274 g/mol. The second kappa shape index (κ2) is 9.62. The first-order valence-corrected chi connectivity index (χ1v) is 6.31. The zero-order valence-electron chi connectivity index (χ0n) is 12.4. The van der Waals surface area contributed by atoms with Gasteiger partial charge >= 0.3 is 0 Å². The summed E-state index contributed by atoms with van der Waals surface area (Å²) < 4.78 is 0. The molecule has 0 aliphatic heterocycles. The SMILES string of the molecule is CC(C)=O.Cc1cccc(O)c1C.Oc1ccccc1. The van der Waals surface area contributed by atoms with Crippen LogP contribution in [0.15, 0.2) is 48.5 Å². The monoisotopic (exact) mass is 274 g/mol. The lowest BCUT2D eigenvalue weighted by Crippen LogP contribution is -1.78. The van der Waals surface area contributed by atoms with E-state index in [1.807, 2.05) is 32.0 Å². The summed E-state index contributed by atoms with van der Waals surface area (Å²) in [4.78, 5) is 9.44. The number of benzene rings is 2. The maximum absolute atomic E-state index is 9.44. The minimum atomic E-state index is 0.167. The van der Waals surface area contributed by atoms with E-state index < -0.39 is 0 Å². The van der Waals surface area contributed by atoms with E-state index >= 15 is 0 Å². The molecule has 0 atom stereocenters. The van der Waals surface area contributed by atoms with Gasteiger partial charge in [-0.2, -0.15) is 0 Å². The number of hydrogen-bond donors (Lipinski definition) is 2. The molecule has 0 unspecified atom stereocenters. The zero-order chi connectivity index (χ0) is 15.5. The Hall–Kier alpha value is -2.29. The second-order valence-electron chi connectivity index (χ2n) is 4.46. The Morgan fingerprint density at radius 3 is 1.65 bits per heavy atom. The molecule has 2 N–H and O–H groups in total. The summed E-state index contributed by atoms with van der Waals surface area (Å²) in [6, 6.07) is 14.2. The van der Waals surface area contributed by atoms with Crippen LogP contribution >= 0.6 is 0 Å². The topological polar surface area (TPSA) is 57.5 Å².